The summed E-state index contributed by atoms with van der Waals surface area (Å²) in [5.74, 6) is -1.43. The average molecular weight is 418 g/mol. The molecule has 4 rings (SSSR count). The monoisotopic (exact) mass is 417 g/mol. The van der Waals surface area contributed by atoms with Crippen molar-refractivity contribution in [1.29, 1.82) is 0 Å². The van der Waals surface area contributed by atoms with Gasteiger partial charge in [-0.15, -0.1) is 0 Å². The molecule has 0 atom stereocenters. The van der Waals surface area contributed by atoms with Crippen LogP contribution in [0.1, 0.15) is 16.8 Å². The van der Waals surface area contributed by atoms with Gasteiger partial charge in [0.05, 0.1) is 22.5 Å². The third kappa shape index (κ3) is 3.75. The van der Waals surface area contributed by atoms with E-state index in [1.807, 2.05) is 11.8 Å². The Morgan fingerprint density at radius 1 is 1.24 bits per heavy atom. The van der Waals surface area contributed by atoms with E-state index in [1.165, 1.54) is 24.3 Å². The number of aromatic amines is 1. The first-order valence-corrected chi connectivity index (χ1v) is 9.51. The summed E-state index contributed by atoms with van der Waals surface area (Å²) in [5, 5.41) is 2.64. The van der Waals surface area contributed by atoms with Crippen LogP contribution >= 0.6 is 11.6 Å². The zero-order chi connectivity index (χ0) is 20.7. The molecule has 0 saturated heterocycles. The molecule has 2 N–H and O–H groups in total. The number of halogens is 3. The first kappa shape index (κ1) is 19.5. The zero-order valence-corrected chi connectivity index (χ0v) is 16.4. The Morgan fingerprint density at radius 3 is 2.76 bits per heavy atom. The summed E-state index contributed by atoms with van der Waals surface area (Å²) in [6.45, 7) is 2.68. The van der Waals surface area contributed by atoms with E-state index >= 15 is 0 Å². The Hall–Kier alpha value is -2.77. The van der Waals surface area contributed by atoms with Crippen LogP contribution in [0, 0.1) is 18.6 Å². The van der Waals surface area contributed by atoms with E-state index in [9.17, 15) is 18.4 Å². The van der Waals surface area contributed by atoms with E-state index < -0.39 is 11.6 Å². The molecule has 8 heteroatoms. The quantitative estimate of drug-likeness (QED) is 0.682. The van der Waals surface area contributed by atoms with Crippen molar-refractivity contribution in [1.82, 2.24) is 9.88 Å². The molecular formula is C21H18ClF2N3O2. The summed E-state index contributed by atoms with van der Waals surface area (Å²) in [6.07, 6.45) is 0.548. The number of aryl methyl sites for hydroxylation is 1. The van der Waals surface area contributed by atoms with Gasteiger partial charge in [0, 0.05) is 36.5 Å². The second-order valence-electron chi connectivity index (χ2n) is 7.16. The van der Waals surface area contributed by atoms with Gasteiger partial charge in [-0.2, -0.15) is 0 Å². The Bertz CT molecular complexity index is 1190. The van der Waals surface area contributed by atoms with Crippen LogP contribution in [0.2, 0.25) is 5.02 Å². The largest absolute Gasteiger partial charge is 0.358 e. The molecule has 5 nitrogen and oxygen atoms in total. The zero-order valence-electron chi connectivity index (χ0n) is 15.6. The molecule has 0 unspecified atom stereocenters. The topological polar surface area (TPSA) is 65.2 Å². The van der Waals surface area contributed by atoms with Crippen LogP contribution in [0.15, 0.2) is 35.1 Å². The number of nitrogens with one attached hydrogen (secondary N) is 2. The number of amides is 1. The van der Waals surface area contributed by atoms with Gasteiger partial charge in [0.1, 0.15) is 11.6 Å². The molecule has 1 aromatic heterocycles. The van der Waals surface area contributed by atoms with Gasteiger partial charge < -0.3 is 10.3 Å². The fraction of sp³-hybridized carbons (Fsp3) is 0.238. The number of carbonyl (C=O) groups excluding carboxylic acids is 1. The van der Waals surface area contributed by atoms with E-state index in [0.717, 1.165) is 11.3 Å². The van der Waals surface area contributed by atoms with Crippen molar-refractivity contribution in [2.24, 2.45) is 0 Å². The molecular weight excluding hydrogens is 400 g/mol. The maximum Gasteiger partial charge on any atom is 0.238 e. The van der Waals surface area contributed by atoms with Crippen molar-refractivity contribution in [3.05, 3.63) is 74.0 Å². The number of anilines is 1. The molecule has 1 aliphatic rings. The van der Waals surface area contributed by atoms with Crippen LogP contribution in [0.5, 0.6) is 0 Å². The highest BCUT2D eigenvalue weighted by atomic mass is 35.5. The molecule has 2 aromatic carbocycles. The number of fused-ring (bicyclic) bond motifs is 2. The minimum atomic E-state index is -0.564. The number of pyridine rings is 1. The van der Waals surface area contributed by atoms with Gasteiger partial charge in [-0.1, -0.05) is 17.7 Å². The first-order chi connectivity index (χ1) is 13.8. The lowest BCUT2D eigenvalue weighted by atomic mass is 10.0. The Labute approximate surface area is 170 Å². The average Bonchev–Trinajstić information content (AvgIpc) is 2.68. The summed E-state index contributed by atoms with van der Waals surface area (Å²) < 4.78 is 27.5. The normalized spacial score (nSPS) is 14.1. The van der Waals surface area contributed by atoms with Gasteiger partial charge in [0.25, 0.3) is 0 Å². The smallest absolute Gasteiger partial charge is 0.238 e. The second-order valence-corrected chi connectivity index (χ2v) is 7.57. The SMILES string of the molecule is Cc1ccc(F)c2c(=O)c3c([nH]c12)CCN(CC(=O)Nc1ccc(F)c(Cl)c1)C3. The molecule has 0 saturated carbocycles. The number of aromatic nitrogens is 1. The summed E-state index contributed by atoms with van der Waals surface area (Å²) in [7, 11) is 0. The van der Waals surface area contributed by atoms with Gasteiger partial charge in [-0.05, 0) is 36.8 Å². The predicted octanol–water partition coefficient (Wildman–Crippen LogP) is 3.76. The van der Waals surface area contributed by atoms with Crippen molar-refractivity contribution in [2.75, 3.05) is 18.4 Å². The molecule has 0 bridgehead atoms. The fourth-order valence-electron chi connectivity index (χ4n) is 3.64. The van der Waals surface area contributed by atoms with E-state index in [4.69, 9.17) is 11.6 Å². The summed E-state index contributed by atoms with van der Waals surface area (Å²) in [6, 6.07) is 6.87. The number of carbonyl (C=O) groups is 1. The summed E-state index contributed by atoms with van der Waals surface area (Å²) in [4.78, 5) is 30.3. The highest BCUT2D eigenvalue weighted by Crippen LogP contribution is 2.23. The molecule has 2 heterocycles. The van der Waals surface area contributed by atoms with Crippen molar-refractivity contribution in [3.8, 4) is 0 Å². The van der Waals surface area contributed by atoms with Crippen LogP contribution in [-0.2, 0) is 17.8 Å². The highest BCUT2D eigenvalue weighted by molar-refractivity contribution is 6.31. The highest BCUT2D eigenvalue weighted by Gasteiger charge is 2.24. The number of H-pyrrole nitrogens is 1. The van der Waals surface area contributed by atoms with Crippen LogP contribution < -0.4 is 10.7 Å². The van der Waals surface area contributed by atoms with Gasteiger partial charge in [-0.3, -0.25) is 14.5 Å². The second kappa shape index (κ2) is 7.57. The van der Waals surface area contributed by atoms with Gasteiger partial charge >= 0.3 is 0 Å². The number of hydrogen-bond donors (Lipinski definition) is 2. The van der Waals surface area contributed by atoms with Crippen LogP contribution in [0.25, 0.3) is 10.9 Å². The molecule has 1 amide bonds. The molecule has 0 radical (unpaired) electrons. The Kier molecular flexibility index (Phi) is 5.10. The van der Waals surface area contributed by atoms with Gasteiger partial charge in [0.2, 0.25) is 5.91 Å². The van der Waals surface area contributed by atoms with Crippen molar-refractivity contribution < 1.29 is 13.6 Å². The predicted molar refractivity (Wildman–Crippen MR) is 108 cm³/mol. The fourth-order valence-corrected chi connectivity index (χ4v) is 3.82. The van der Waals surface area contributed by atoms with E-state index in [2.05, 4.69) is 10.3 Å². The maximum atomic E-state index is 14.3. The third-order valence-electron chi connectivity index (χ3n) is 5.13. The lowest BCUT2D eigenvalue weighted by Crippen LogP contribution is -2.39. The number of benzene rings is 2. The lowest BCUT2D eigenvalue weighted by Gasteiger charge is -2.28. The Balaban J connectivity index is 1.54. The van der Waals surface area contributed by atoms with Crippen LogP contribution in [0.4, 0.5) is 14.5 Å². The van der Waals surface area contributed by atoms with Crippen molar-refractivity contribution in [3.63, 3.8) is 0 Å². The number of hydrogen-bond acceptors (Lipinski definition) is 3. The minimum Gasteiger partial charge on any atom is -0.358 e. The number of rotatable bonds is 3. The summed E-state index contributed by atoms with van der Waals surface area (Å²) >= 11 is 5.73. The van der Waals surface area contributed by atoms with Gasteiger partial charge in [-0.25, -0.2) is 8.78 Å². The Morgan fingerprint density at radius 2 is 2.00 bits per heavy atom. The molecule has 3 aromatic rings. The van der Waals surface area contributed by atoms with E-state index in [1.54, 1.807) is 6.07 Å². The molecule has 1 aliphatic heterocycles. The maximum absolute atomic E-state index is 14.3. The molecule has 0 aliphatic carbocycles. The summed E-state index contributed by atoms with van der Waals surface area (Å²) in [5.41, 5.74) is 2.63. The molecule has 29 heavy (non-hydrogen) atoms. The van der Waals surface area contributed by atoms with Crippen LogP contribution in [0.3, 0.4) is 0 Å². The van der Waals surface area contributed by atoms with Crippen molar-refractivity contribution in [2.45, 2.75) is 19.9 Å². The molecule has 0 spiro atoms. The lowest BCUT2D eigenvalue weighted by molar-refractivity contribution is -0.117. The van der Waals surface area contributed by atoms with E-state index in [-0.39, 0.29) is 34.8 Å². The van der Waals surface area contributed by atoms with Crippen molar-refractivity contribution >= 4 is 34.1 Å². The number of nitrogens with zero attached hydrogens (tertiary/aromatic N) is 1. The molecule has 0 fully saturated rings. The molecule has 150 valence electrons. The van der Waals surface area contributed by atoms with Crippen LogP contribution in [-0.4, -0.2) is 28.9 Å². The van der Waals surface area contributed by atoms with E-state index in [0.29, 0.717) is 29.7 Å². The minimum absolute atomic E-state index is 0.0439. The third-order valence-corrected chi connectivity index (χ3v) is 5.42. The first-order valence-electron chi connectivity index (χ1n) is 9.13. The standard InChI is InChI=1S/C21H18ClF2N3O2/c1-11-2-4-16(24)19-20(11)26-17-6-7-27(9-13(17)21(19)29)10-18(28)25-12-3-5-15(23)14(22)8-12/h2-5,8H,6-7,9-10H2,1H3,(H,25,28)(H,26,29). The van der Waals surface area contributed by atoms with Gasteiger partial charge in [0.15, 0.2) is 5.43 Å².